The minimum Gasteiger partial charge on any atom is -0.373 e. The van der Waals surface area contributed by atoms with Crippen molar-refractivity contribution in [3.05, 3.63) is 46.6 Å². The average Bonchev–Trinajstić information content (AvgIpc) is 3.56. The molecule has 2 saturated heterocycles. The maximum atomic E-state index is 5.82. The molecule has 0 aromatic rings. The van der Waals surface area contributed by atoms with Crippen LogP contribution in [0.1, 0.15) is 107 Å². The molecule has 0 aromatic heterocycles. The van der Waals surface area contributed by atoms with Gasteiger partial charge in [0.25, 0.3) is 0 Å². The van der Waals surface area contributed by atoms with Gasteiger partial charge in [0, 0.05) is 20.0 Å². The molecule has 2 aliphatic rings. The lowest BCUT2D eigenvalue weighted by atomic mass is 10.0. The van der Waals surface area contributed by atoms with E-state index in [1.54, 1.807) is 11.1 Å². The van der Waals surface area contributed by atoms with Gasteiger partial charge in [0.2, 0.25) is 0 Å². The molecule has 2 unspecified atom stereocenters. The third kappa shape index (κ3) is 12.2. The molecule has 188 valence electrons. The van der Waals surface area contributed by atoms with Gasteiger partial charge in [-0.1, -0.05) is 46.6 Å². The smallest absolute Gasteiger partial charge is 0.0654 e. The molecule has 0 radical (unpaired) electrons. The molecule has 2 atom stereocenters. The Balaban J connectivity index is 1.49. The molecule has 0 aliphatic carbocycles. The zero-order chi connectivity index (χ0) is 24.5. The Morgan fingerprint density at radius 1 is 0.606 bits per heavy atom. The Morgan fingerprint density at radius 3 is 1.27 bits per heavy atom. The molecule has 0 saturated carbocycles. The topological polar surface area (TPSA) is 9.23 Å². The lowest BCUT2D eigenvalue weighted by Gasteiger charge is -2.04. The SMILES string of the molecule is CC(=CCOCC=C(C)CC/C=C(/C)CCC1SC1(C)C)CC/C=C(/C)CCC1SC1(C)C. The lowest BCUT2D eigenvalue weighted by Crippen LogP contribution is -2.02. The van der Waals surface area contributed by atoms with Crippen LogP contribution < -0.4 is 0 Å². The number of hydrogen-bond acceptors (Lipinski definition) is 3. The van der Waals surface area contributed by atoms with Gasteiger partial charge in [-0.25, -0.2) is 0 Å². The van der Waals surface area contributed by atoms with Crippen LogP contribution in [-0.2, 0) is 4.74 Å². The molecule has 2 rings (SSSR count). The molecule has 0 amide bonds. The molecular weight excluding hydrogens is 440 g/mol. The lowest BCUT2D eigenvalue weighted by molar-refractivity contribution is 0.192. The highest BCUT2D eigenvalue weighted by Gasteiger charge is 2.46. The van der Waals surface area contributed by atoms with Crippen LogP contribution >= 0.6 is 23.5 Å². The maximum absolute atomic E-state index is 5.82. The van der Waals surface area contributed by atoms with E-state index >= 15 is 0 Å². The van der Waals surface area contributed by atoms with Gasteiger partial charge in [-0.05, 0) is 107 Å². The zero-order valence-electron chi connectivity index (χ0n) is 22.8. The minimum atomic E-state index is 0.537. The summed E-state index contributed by atoms with van der Waals surface area (Å²) < 4.78 is 6.90. The molecular formula is C30H50OS2. The van der Waals surface area contributed by atoms with Crippen LogP contribution in [-0.4, -0.2) is 33.2 Å². The third-order valence-electron chi connectivity index (χ3n) is 7.09. The largest absolute Gasteiger partial charge is 0.373 e. The Labute approximate surface area is 214 Å². The number of ether oxygens (including phenoxy) is 1. The Bertz CT molecular complexity index is 676. The standard InChI is InChI=1S/C30H50OS2/c1-23(15-17-27-29(5,6)32-27)11-9-13-25(3)19-21-31-22-20-26(4)14-10-12-24(2)16-18-28-30(7,8)33-28/h11-12,19-20,27-28H,9-10,13-18,21-22H2,1-8H3/b23-11-,24-12-,25-19?,26-20?. The normalized spacial score (nSPS) is 24.8. The highest BCUT2D eigenvalue weighted by molar-refractivity contribution is 8.08. The maximum Gasteiger partial charge on any atom is 0.0654 e. The van der Waals surface area contributed by atoms with E-state index in [2.05, 4.69) is 103 Å². The molecule has 0 bridgehead atoms. The van der Waals surface area contributed by atoms with E-state index < -0.39 is 0 Å². The summed E-state index contributed by atoms with van der Waals surface area (Å²) in [6, 6.07) is 0. The van der Waals surface area contributed by atoms with Gasteiger partial charge >= 0.3 is 0 Å². The summed E-state index contributed by atoms with van der Waals surface area (Å²) in [5.41, 5.74) is 5.98. The summed E-state index contributed by atoms with van der Waals surface area (Å²) in [6.07, 6.45) is 19.1. The van der Waals surface area contributed by atoms with Crippen LogP contribution in [0, 0.1) is 0 Å². The first-order chi connectivity index (χ1) is 15.5. The fourth-order valence-electron chi connectivity index (χ4n) is 4.17. The minimum absolute atomic E-state index is 0.537. The first-order valence-corrected chi connectivity index (χ1v) is 14.8. The number of allylic oxidation sites excluding steroid dienone is 6. The summed E-state index contributed by atoms with van der Waals surface area (Å²) in [5.74, 6) is 0. The second kappa shape index (κ2) is 13.6. The molecule has 2 aliphatic heterocycles. The van der Waals surface area contributed by atoms with Gasteiger partial charge in [0.15, 0.2) is 0 Å². The van der Waals surface area contributed by atoms with Crippen molar-refractivity contribution < 1.29 is 4.74 Å². The first-order valence-electron chi connectivity index (χ1n) is 13.1. The van der Waals surface area contributed by atoms with E-state index in [0.717, 1.165) is 49.4 Å². The first kappa shape index (κ1) is 28.9. The van der Waals surface area contributed by atoms with E-state index in [1.807, 2.05) is 0 Å². The van der Waals surface area contributed by atoms with Crippen LogP contribution in [0.5, 0.6) is 0 Å². The van der Waals surface area contributed by atoms with E-state index in [0.29, 0.717) is 9.49 Å². The molecule has 2 heterocycles. The highest BCUT2D eigenvalue weighted by Crippen LogP contribution is 2.55. The zero-order valence-corrected chi connectivity index (χ0v) is 24.4. The van der Waals surface area contributed by atoms with Gasteiger partial charge < -0.3 is 4.74 Å². The predicted octanol–water partition coefficient (Wildman–Crippen LogP) is 9.70. The summed E-state index contributed by atoms with van der Waals surface area (Å²) in [4.78, 5) is 0. The molecule has 0 spiro atoms. The van der Waals surface area contributed by atoms with Crippen molar-refractivity contribution in [3.63, 3.8) is 0 Å². The van der Waals surface area contributed by atoms with Crippen molar-refractivity contribution in [2.24, 2.45) is 0 Å². The second-order valence-corrected chi connectivity index (χ2v) is 15.0. The monoisotopic (exact) mass is 490 g/mol. The summed E-state index contributed by atoms with van der Waals surface area (Å²) >= 11 is 4.26. The van der Waals surface area contributed by atoms with E-state index in [-0.39, 0.29) is 0 Å². The fraction of sp³-hybridized carbons (Fsp3) is 0.733. The predicted molar refractivity (Wildman–Crippen MR) is 154 cm³/mol. The number of rotatable bonds is 16. The van der Waals surface area contributed by atoms with Gasteiger partial charge in [-0.2, -0.15) is 0 Å². The van der Waals surface area contributed by atoms with Crippen LogP contribution in [0.15, 0.2) is 46.6 Å². The number of thioether (sulfide) groups is 2. The van der Waals surface area contributed by atoms with Crippen molar-refractivity contribution in [1.29, 1.82) is 0 Å². The van der Waals surface area contributed by atoms with Crippen LogP contribution in [0.25, 0.3) is 0 Å². The van der Waals surface area contributed by atoms with Crippen molar-refractivity contribution in [2.45, 2.75) is 127 Å². The number of hydrogen-bond donors (Lipinski definition) is 0. The van der Waals surface area contributed by atoms with Crippen LogP contribution in [0.2, 0.25) is 0 Å². The van der Waals surface area contributed by atoms with Gasteiger partial charge in [-0.15, -0.1) is 23.5 Å². The molecule has 2 fully saturated rings. The van der Waals surface area contributed by atoms with Gasteiger partial charge in [-0.3, -0.25) is 0 Å². The van der Waals surface area contributed by atoms with E-state index in [9.17, 15) is 0 Å². The van der Waals surface area contributed by atoms with Crippen molar-refractivity contribution in [1.82, 2.24) is 0 Å². The van der Waals surface area contributed by atoms with Gasteiger partial charge in [0.05, 0.1) is 13.2 Å². The summed E-state index contributed by atoms with van der Waals surface area (Å²) in [7, 11) is 0. The summed E-state index contributed by atoms with van der Waals surface area (Å²) in [5, 5.41) is 1.75. The Kier molecular flexibility index (Phi) is 11.9. The molecule has 33 heavy (non-hydrogen) atoms. The Hall–Kier alpha value is -0.380. The van der Waals surface area contributed by atoms with Crippen LogP contribution in [0.4, 0.5) is 0 Å². The fourth-order valence-corrected chi connectivity index (χ4v) is 6.20. The molecule has 1 nitrogen and oxygen atoms in total. The third-order valence-corrected chi connectivity index (χ3v) is 10.6. The van der Waals surface area contributed by atoms with Gasteiger partial charge in [0.1, 0.15) is 0 Å². The average molecular weight is 491 g/mol. The van der Waals surface area contributed by atoms with Crippen molar-refractivity contribution in [3.8, 4) is 0 Å². The van der Waals surface area contributed by atoms with Crippen molar-refractivity contribution in [2.75, 3.05) is 13.2 Å². The summed E-state index contributed by atoms with van der Waals surface area (Å²) in [6.45, 7) is 20.0. The van der Waals surface area contributed by atoms with E-state index in [4.69, 9.17) is 4.74 Å². The molecule has 0 N–H and O–H groups in total. The Morgan fingerprint density at radius 2 is 0.939 bits per heavy atom. The quantitative estimate of drug-likeness (QED) is 0.121. The second-order valence-electron chi connectivity index (χ2n) is 11.3. The van der Waals surface area contributed by atoms with Crippen molar-refractivity contribution >= 4 is 23.5 Å². The highest BCUT2D eigenvalue weighted by atomic mass is 32.2. The molecule has 0 aromatic carbocycles. The van der Waals surface area contributed by atoms with Crippen LogP contribution in [0.3, 0.4) is 0 Å². The molecule has 3 heteroatoms. The van der Waals surface area contributed by atoms with E-state index in [1.165, 1.54) is 36.8 Å².